The molecule has 5 N–H and O–H groups in total. The summed E-state index contributed by atoms with van der Waals surface area (Å²) in [6.45, 7) is 5.11. The van der Waals surface area contributed by atoms with Crippen molar-refractivity contribution in [2.45, 2.75) is 55.9 Å². The quantitative estimate of drug-likeness (QED) is 0.170. The van der Waals surface area contributed by atoms with E-state index in [1.54, 1.807) is 38.1 Å². The highest BCUT2D eigenvalue weighted by molar-refractivity contribution is 7.89. The number of rotatable bonds is 12. The third kappa shape index (κ3) is 7.62. The van der Waals surface area contributed by atoms with E-state index in [4.69, 9.17) is 15.2 Å². The number of nitrogens with two attached hydrogens (primary N) is 1. The largest absolute Gasteiger partial charge is 0.488 e. The SMILES string of the molecule is CC(C)NC(=O)C(C)OC(=O)[C@@H](N)Cc1cccc(S(=O)(=O)N2CC(Oc3ccc(B(O)O)cc3)(c3ccccc3)C2)c1. The van der Waals surface area contributed by atoms with E-state index in [9.17, 15) is 28.1 Å². The zero-order valence-electron chi connectivity index (χ0n) is 24.2. The van der Waals surface area contributed by atoms with E-state index in [1.807, 2.05) is 30.3 Å². The van der Waals surface area contributed by atoms with Gasteiger partial charge in [-0.1, -0.05) is 54.6 Å². The van der Waals surface area contributed by atoms with Crippen molar-refractivity contribution in [2.75, 3.05) is 13.1 Å². The highest BCUT2D eigenvalue weighted by Crippen LogP contribution is 2.40. The van der Waals surface area contributed by atoms with Crippen LogP contribution in [-0.4, -0.2) is 73.0 Å². The van der Waals surface area contributed by atoms with Gasteiger partial charge in [0, 0.05) is 6.04 Å². The van der Waals surface area contributed by atoms with Gasteiger partial charge in [0.1, 0.15) is 11.8 Å². The van der Waals surface area contributed by atoms with Gasteiger partial charge in [-0.25, -0.2) is 8.42 Å². The first kappa shape index (κ1) is 32.2. The first-order valence-corrected chi connectivity index (χ1v) is 15.3. The van der Waals surface area contributed by atoms with Gasteiger partial charge in [0.05, 0.1) is 18.0 Å². The van der Waals surface area contributed by atoms with Gasteiger partial charge in [-0.3, -0.25) is 9.59 Å². The summed E-state index contributed by atoms with van der Waals surface area (Å²) in [5.41, 5.74) is 6.69. The third-order valence-electron chi connectivity index (χ3n) is 7.04. The molecule has 0 saturated carbocycles. The molecule has 13 heteroatoms. The molecule has 0 radical (unpaired) electrons. The summed E-state index contributed by atoms with van der Waals surface area (Å²) >= 11 is 0. The molecule has 0 spiro atoms. The number of esters is 1. The minimum atomic E-state index is -3.93. The molecular formula is C30H36BN3O8S. The van der Waals surface area contributed by atoms with Gasteiger partial charge < -0.3 is 30.6 Å². The molecular weight excluding hydrogens is 573 g/mol. The smallest absolute Gasteiger partial charge is 0.480 e. The molecule has 1 fully saturated rings. The summed E-state index contributed by atoms with van der Waals surface area (Å²) in [7, 11) is -5.55. The fourth-order valence-corrected chi connectivity index (χ4v) is 6.32. The number of hydrogen-bond donors (Lipinski definition) is 4. The van der Waals surface area contributed by atoms with Crippen molar-refractivity contribution in [2.24, 2.45) is 5.73 Å². The van der Waals surface area contributed by atoms with E-state index < -0.39 is 46.8 Å². The van der Waals surface area contributed by atoms with Crippen LogP contribution >= 0.6 is 0 Å². The number of amides is 1. The molecule has 2 atom stereocenters. The van der Waals surface area contributed by atoms with E-state index in [2.05, 4.69) is 5.32 Å². The molecule has 1 aliphatic rings. The molecule has 0 aromatic heterocycles. The minimum absolute atomic E-state index is 0.0102. The van der Waals surface area contributed by atoms with Gasteiger partial charge in [-0.15, -0.1) is 0 Å². The topological polar surface area (TPSA) is 168 Å². The summed E-state index contributed by atoms with van der Waals surface area (Å²) in [5, 5.41) is 21.4. The molecule has 43 heavy (non-hydrogen) atoms. The molecule has 3 aromatic rings. The van der Waals surface area contributed by atoms with E-state index in [0.29, 0.717) is 16.8 Å². The Morgan fingerprint density at radius 3 is 2.26 bits per heavy atom. The van der Waals surface area contributed by atoms with Crippen molar-refractivity contribution in [1.82, 2.24) is 9.62 Å². The van der Waals surface area contributed by atoms with Crippen molar-refractivity contribution in [1.29, 1.82) is 0 Å². The Kier molecular flexibility index (Phi) is 9.93. The lowest BCUT2D eigenvalue weighted by Crippen LogP contribution is -2.64. The highest BCUT2D eigenvalue weighted by Gasteiger charge is 2.52. The number of ether oxygens (including phenoxy) is 2. The predicted octanol–water partition coefficient (Wildman–Crippen LogP) is 0.671. The van der Waals surface area contributed by atoms with Crippen LogP contribution in [0.4, 0.5) is 0 Å². The highest BCUT2D eigenvalue weighted by atomic mass is 32.2. The summed E-state index contributed by atoms with van der Waals surface area (Å²) in [6.07, 6.45) is -1.01. The van der Waals surface area contributed by atoms with Crippen LogP contribution in [0.2, 0.25) is 0 Å². The van der Waals surface area contributed by atoms with Gasteiger partial charge >= 0.3 is 13.1 Å². The van der Waals surface area contributed by atoms with E-state index in [0.717, 1.165) is 5.56 Å². The van der Waals surface area contributed by atoms with Crippen molar-refractivity contribution >= 4 is 34.5 Å². The fraction of sp³-hybridized carbons (Fsp3) is 0.333. The Bertz CT molecular complexity index is 1530. The van der Waals surface area contributed by atoms with Gasteiger partial charge in [0.25, 0.3) is 5.91 Å². The lowest BCUT2D eigenvalue weighted by molar-refractivity contribution is -0.156. The maximum Gasteiger partial charge on any atom is 0.488 e. The van der Waals surface area contributed by atoms with E-state index in [1.165, 1.54) is 35.5 Å². The number of benzene rings is 3. The third-order valence-corrected chi connectivity index (χ3v) is 8.83. The van der Waals surface area contributed by atoms with Crippen LogP contribution in [-0.2, 0) is 36.4 Å². The van der Waals surface area contributed by atoms with Crippen LogP contribution < -0.4 is 21.3 Å². The first-order valence-electron chi connectivity index (χ1n) is 13.9. The summed E-state index contributed by atoms with van der Waals surface area (Å²) in [6, 6.07) is 20.5. The molecule has 1 amide bonds. The van der Waals surface area contributed by atoms with Crippen LogP contribution in [0, 0.1) is 0 Å². The van der Waals surface area contributed by atoms with Gasteiger partial charge in [0.2, 0.25) is 10.0 Å². The molecule has 1 unspecified atom stereocenters. The van der Waals surface area contributed by atoms with Crippen LogP contribution in [0.15, 0.2) is 83.8 Å². The Morgan fingerprint density at radius 2 is 1.65 bits per heavy atom. The second kappa shape index (κ2) is 13.3. The molecule has 1 saturated heterocycles. The standard InChI is InChI=1S/C30H36BN3O8S/c1-20(2)33-28(35)21(3)41-29(36)27(32)17-22-8-7-11-26(16-22)43(39,40)34-18-30(19-34,23-9-5-4-6-10-23)42-25-14-12-24(13-15-25)31(37)38/h4-16,20-21,27,37-38H,17-19,32H2,1-3H3,(H,33,35)/t21?,27-/m0/s1. The number of carbonyl (C=O) groups is 2. The van der Waals surface area contributed by atoms with Crippen molar-refractivity contribution < 1.29 is 37.5 Å². The van der Waals surface area contributed by atoms with Crippen LogP contribution in [0.1, 0.15) is 31.9 Å². The molecule has 228 valence electrons. The molecule has 1 aliphatic heterocycles. The number of sulfonamides is 1. The van der Waals surface area contributed by atoms with Crippen LogP contribution in [0.25, 0.3) is 0 Å². The predicted molar refractivity (Wildman–Crippen MR) is 161 cm³/mol. The van der Waals surface area contributed by atoms with Gasteiger partial charge in [-0.2, -0.15) is 4.31 Å². The Hall–Kier alpha value is -3.75. The summed E-state index contributed by atoms with van der Waals surface area (Å²) < 4.78 is 40.1. The Balaban J connectivity index is 1.46. The minimum Gasteiger partial charge on any atom is -0.480 e. The summed E-state index contributed by atoms with van der Waals surface area (Å²) in [4.78, 5) is 24.6. The maximum atomic E-state index is 13.6. The fourth-order valence-electron chi connectivity index (χ4n) is 4.71. The molecule has 3 aromatic carbocycles. The normalized spacial score (nSPS) is 16.1. The molecule has 0 aliphatic carbocycles. The number of carbonyl (C=O) groups excluding carboxylic acids is 2. The lowest BCUT2D eigenvalue weighted by atomic mass is 9.80. The van der Waals surface area contributed by atoms with E-state index in [-0.39, 0.29) is 30.4 Å². The van der Waals surface area contributed by atoms with Crippen LogP contribution in [0.3, 0.4) is 0 Å². The average molecular weight is 610 g/mol. The maximum absolute atomic E-state index is 13.6. The van der Waals surface area contributed by atoms with Gasteiger partial charge in [-0.05, 0) is 68.0 Å². The van der Waals surface area contributed by atoms with Crippen molar-refractivity contribution in [3.05, 3.63) is 90.0 Å². The summed E-state index contributed by atoms with van der Waals surface area (Å²) in [5.74, 6) is -0.757. The Morgan fingerprint density at radius 1 is 1.00 bits per heavy atom. The second-order valence-electron chi connectivity index (χ2n) is 10.9. The molecule has 4 rings (SSSR count). The number of nitrogens with zero attached hydrogens (tertiary/aromatic N) is 1. The number of nitrogens with one attached hydrogen (secondary N) is 1. The molecule has 0 bridgehead atoms. The van der Waals surface area contributed by atoms with Crippen molar-refractivity contribution in [3.8, 4) is 5.75 Å². The van der Waals surface area contributed by atoms with Crippen molar-refractivity contribution in [3.63, 3.8) is 0 Å². The van der Waals surface area contributed by atoms with Crippen LogP contribution in [0.5, 0.6) is 5.75 Å². The zero-order chi connectivity index (χ0) is 31.4. The molecule has 11 nitrogen and oxygen atoms in total. The number of hydrogen-bond acceptors (Lipinski definition) is 9. The monoisotopic (exact) mass is 609 g/mol. The van der Waals surface area contributed by atoms with Gasteiger partial charge in [0.15, 0.2) is 11.7 Å². The zero-order valence-corrected chi connectivity index (χ0v) is 25.0. The average Bonchev–Trinajstić information content (AvgIpc) is 2.95. The Labute approximate surface area is 251 Å². The lowest BCUT2D eigenvalue weighted by Gasteiger charge is -2.48. The second-order valence-corrected chi connectivity index (χ2v) is 12.8. The first-order chi connectivity index (χ1) is 20.3. The molecule has 1 heterocycles. The van der Waals surface area contributed by atoms with E-state index >= 15 is 0 Å².